The fourth-order valence-electron chi connectivity index (χ4n) is 2.83. The molecule has 0 aliphatic carbocycles. The molecule has 2 atom stereocenters. The quantitative estimate of drug-likeness (QED) is 0.860. The highest BCUT2D eigenvalue weighted by atomic mass is 16.5. The van der Waals surface area contributed by atoms with Crippen LogP contribution in [-0.2, 0) is 11.2 Å². The molecule has 1 fully saturated rings. The largest absolute Gasteiger partial charge is 0.357 e. The fourth-order valence-corrected chi connectivity index (χ4v) is 2.83. The number of amides is 1. The van der Waals surface area contributed by atoms with E-state index in [1.807, 2.05) is 44.2 Å². The summed E-state index contributed by atoms with van der Waals surface area (Å²) in [5.41, 5.74) is 1.05. The molecule has 2 N–H and O–H groups in total. The Morgan fingerprint density at radius 1 is 1.46 bits per heavy atom. The molecule has 7 heteroatoms. The minimum atomic E-state index is -0.315. The summed E-state index contributed by atoms with van der Waals surface area (Å²) in [6.45, 7) is 6.07. The van der Waals surface area contributed by atoms with Crippen LogP contribution in [0.1, 0.15) is 31.6 Å². The number of aryl methyl sites for hydroxylation is 1. The summed E-state index contributed by atoms with van der Waals surface area (Å²) in [7, 11) is 0. The maximum Gasteiger partial charge on any atom is 0.248 e. The standard InChI is InChI=1S/C17H23N5O2/c1-3-15-20-17(24-21-15)12(2)19-16(23)14-11-18-9-10-22(14)13-7-5-4-6-8-13/h4-8,12,14,18H,3,9-11H2,1-2H3,(H,19,23)/t12-,14-/m1/s1. The molecule has 1 amide bonds. The molecule has 7 nitrogen and oxygen atoms in total. The van der Waals surface area contributed by atoms with Gasteiger partial charge >= 0.3 is 0 Å². The van der Waals surface area contributed by atoms with Gasteiger partial charge in [-0.25, -0.2) is 0 Å². The minimum absolute atomic E-state index is 0.0465. The zero-order valence-corrected chi connectivity index (χ0v) is 14.0. The number of hydrogen-bond donors (Lipinski definition) is 2. The highest BCUT2D eigenvalue weighted by Gasteiger charge is 2.30. The SMILES string of the molecule is CCc1noc([C@@H](C)NC(=O)[C@H]2CNCCN2c2ccccc2)n1. The van der Waals surface area contributed by atoms with E-state index in [-0.39, 0.29) is 18.0 Å². The average Bonchev–Trinajstić information content (AvgIpc) is 3.12. The van der Waals surface area contributed by atoms with Crippen LogP contribution in [0.2, 0.25) is 0 Å². The van der Waals surface area contributed by atoms with E-state index in [2.05, 4.69) is 25.7 Å². The summed E-state index contributed by atoms with van der Waals surface area (Å²) in [5.74, 6) is 1.04. The van der Waals surface area contributed by atoms with E-state index in [1.54, 1.807) is 0 Å². The maximum absolute atomic E-state index is 12.8. The van der Waals surface area contributed by atoms with Gasteiger partial charge in [-0.2, -0.15) is 4.98 Å². The van der Waals surface area contributed by atoms with Gasteiger partial charge in [0.05, 0.1) is 0 Å². The Hall–Kier alpha value is -2.41. The summed E-state index contributed by atoms with van der Waals surface area (Å²) in [5, 5.41) is 10.2. The van der Waals surface area contributed by atoms with Crippen molar-refractivity contribution in [3.63, 3.8) is 0 Å². The first-order chi connectivity index (χ1) is 11.7. The molecule has 1 saturated heterocycles. The van der Waals surface area contributed by atoms with E-state index in [4.69, 9.17) is 4.52 Å². The maximum atomic E-state index is 12.8. The number of piperazine rings is 1. The first kappa shape index (κ1) is 16.4. The number of nitrogens with zero attached hydrogens (tertiary/aromatic N) is 3. The zero-order valence-electron chi connectivity index (χ0n) is 14.0. The van der Waals surface area contributed by atoms with Crippen molar-refractivity contribution in [1.29, 1.82) is 0 Å². The highest BCUT2D eigenvalue weighted by Crippen LogP contribution is 2.19. The molecule has 0 saturated carbocycles. The molecule has 1 aromatic heterocycles. The third-order valence-corrected chi connectivity index (χ3v) is 4.16. The van der Waals surface area contributed by atoms with Gasteiger partial charge in [0, 0.05) is 31.7 Å². The van der Waals surface area contributed by atoms with Crippen LogP contribution in [-0.4, -0.2) is 41.7 Å². The molecule has 0 bridgehead atoms. The van der Waals surface area contributed by atoms with Crippen LogP contribution in [0.15, 0.2) is 34.9 Å². The minimum Gasteiger partial charge on any atom is -0.357 e. The number of carbonyl (C=O) groups excluding carboxylic acids is 1. The number of benzene rings is 1. The van der Waals surface area contributed by atoms with Gasteiger partial charge in [-0.1, -0.05) is 30.3 Å². The first-order valence-corrected chi connectivity index (χ1v) is 8.34. The summed E-state index contributed by atoms with van der Waals surface area (Å²) < 4.78 is 5.21. The van der Waals surface area contributed by atoms with Crippen LogP contribution in [0.3, 0.4) is 0 Å². The lowest BCUT2D eigenvalue weighted by molar-refractivity contribution is -0.123. The van der Waals surface area contributed by atoms with Crippen molar-refractivity contribution in [2.75, 3.05) is 24.5 Å². The fraction of sp³-hybridized carbons (Fsp3) is 0.471. The Labute approximate surface area is 141 Å². The summed E-state index contributed by atoms with van der Waals surface area (Å²) >= 11 is 0. The van der Waals surface area contributed by atoms with Crippen LogP contribution in [0.25, 0.3) is 0 Å². The number of nitrogens with one attached hydrogen (secondary N) is 2. The van der Waals surface area contributed by atoms with E-state index in [0.717, 1.165) is 18.8 Å². The van der Waals surface area contributed by atoms with Gasteiger partial charge in [0.15, 0.2) is 5.82 Å². The zero-order chi connectivity index (χ0) is 16.9. The Bertz CT molecular complexity index is 673. The molecule has 1 aromatic carbocycles. The molecule has 1 aliphatic heterocycles. The second kappa shape index (κ2) is 7.44. The molecule has 0 radical (unpaired) electrons. The normalized spacial score (nSPS) is 19.1. The van der Waals surface area contributed by atoms with E-state index in [9.17, 15) is 4.79 Å². The van der Waals surface area contributed by atoms with Crippen molar-refractivity contribution < 1.29 is 9.32 Å². The Morgan fingerprint density at radius 2 is 2.25 bits per heavy atom. The smallest absolute Gasteiger partial charge is 0.248 e. The van der Waals surface area contributed by atoms with Crippen molar-refractivity contribution >= 4 is 11.6 Å². The molecule has 24 heavy (non-hydrogen) atoms. The molecule has 3 rings (SSSR count). The lowest BCUT2D eigenvalue weighted by Gasteiger charge is -2.37. The summed E-state index contributed by atoms with van der Waals surface area (Å²) in [4.78, 5) is 19.2. The van der Waals surface area contributed by atoms with Gasteiger partial charge in [0.1, 0.15) is 12.1 Å². The average molecular weight is 329 g/mol. The molecule has 2 heterocycles. The van der Waals surface area contributed by atoms with Gasteiger partial charge in [-0.15, -0.1) is 0 Å². The van der Waals surface area contributed by atoms with Gasteiger partial charge in [-0.3, -0.25) is 4.79 Å². The van der Waals surface area contributed by atoms with E-state index in [0.29, 0.717) is 24.7 Å². The van der Waals surface area contributed by atoms with Crippen molar-refractivity contribution in [2.24, 2.45) is 0 Å². The van der Waals surface area contributed by atoms with Crippen LogP contribution >= 0.6 is 0 Å². The third-order valence-electron chi connectivity index (χ3n) is 4.16. The van der Waals surface area contributed by atoms with E-state index in [1.165, 1.54) is 0 Å². The van der Waals surface area contributed by atoms with Crippen LogP contribution in [0.5, 0.6) is 0 Å². The van der Waals surface area contributed by atoms with Gasteiger partial charge in [0.2, 0.25) is 11.8 Å². The molecule has 0 unspecified atom stereocenters. The second-order valence-electron chi connectivity index (χ2n) is 5.88. The molecule has 0 spiro atoms. The van der Waals surface area contributed by atoms with Crippen LogP contribution in [0.4, 0.5) is 5.69 Å². The van der Waals surface area contributed by atoms with Crippen LogP contribution < -0.4 is 15.5 Å². The Balaban J connectivity index is 1.70. The number of hydrogen-bond acceptors (Lipinski definition) is 6. The third kappa shape index (κ3) is 3.56. The Morgan fingerprint density at radius 3 is 2.96 bits per heavy atom. The number of rotatable bonds is 5. The topological polar surface area (TPSA) is 83.3 Å². The number of carbonyl (C=O) groups is 1. The van der Waals surface area contributed by atoms with Crippen molar-refractivity contribution in [2.45, 2.75) is 32.4 Å². The van der Waals surface area contributed by atoms with Crippen molar-refractivity contribution in [1.82, 2.24) is 20.8 Å². The van der Waals surface area contributed by atoms with E-state index < -0.39 is 0 Å². The van der Waals surface area contributed by atoms with Crippen LogP contribution in [0, 0.1) is 0 Å². The molecular formula is C17H23N5O2. The van der Waals surface area contributed by atoms with Gasteiger partial charge in [0.25, 0.3) is 0 Å². The van der Waals surface area contributed by atoms with Crippen molar-refractivity contribution in [3.8, 4) is 0 Å². The summed E-state index contributed by atoms with van der Waals surface area (Å²) in [6.07, 6.45) is 0.707. The number of aromatic nitrogens is 2. The monoisotopic (exact) mass is 329 g/mol. The lowest BCUT2D eigenvalue weighted by Crippen LogP contribution is -2.58. The lowest BCUT2D eigenvalue weighted by atomic mass is 10.1. The second-order valence-corrected chi connectivity index (χ2v) is 5.88. The van der Waals surface area contributed by atoms with Crippen molar-refractivity contribution in [3.05, 3.63) is 42.0 Å². The predicted molar refractivity (Wildman–Crippen MR) is 90.7 cm³/mol. The molecule has 1 aliphatic rings. The predicted octanol–water partition coefficient (Wildman–Crippen LogP) is 1.29. The molecular weight excluding hydrogens is 306 g/mol. The Kier molecular flexibility index (Phi) is 5.10. The molecule has 128 valence electrons. The van der Waals surface area contributed by atoms with Gasteiger partial charge < -0.3 is 20.1 Å². The summed E-state index contributed by atoms with van der Waals surface area (Å²) in [6, 6.07) is 9.42. The number of anilines is 1. The van der Waals surface area contributed by atoms with Gasteiger partial charge in [-0.05, 0) is 19.1 Å². The highest BCUT2D eigenvalue weighted by molar-refractivity contribution is 5.86. The first-order valence-electron chi connectivity index (χ1n) is 8.34. The number of para-hydroxylation sites is 1. The van der Waals surface area contributed by atoms with E-state index >= 15 is 0 Å². The molecule has 2 aromatic rings.